The number of amides is 1. The maximum atomic E-state index is 12.3. The first kappa shape index (κ1) is 16.5. The SMILES string of the molecule is C[C@H](C(=O)Nc1cccc(C#N)c1)[NH+](C)Cc1ccc(Cl)s1. The Hall–Kier alpha value is -1.87. The Morgan fingerprint density at radius 3 is 2.86 bits per heavy atom. The van der Waals surface area contributed by atoms with Gasteiger partial charge < -0.3 is 10.2 Å². The summed E-state index contributed by atoms with van der Waals surface area (Å²) in [6, 6.07) is 12.6. The van der Waals surface area contributed by atoms with Crippen molar-refractivity contribution in [2.75, 3.05) is 12.4 Å². The van der Waals surface area contributed by atoms with E-state index in [0.717, 1.165) is 20.7 Å². The highest BCUT2D eigenvalue weighted by molar-refractivity contribution is 7.16. The number of nitriles is 1. The molecule has 0 radical (unpaired) electrons. The number of hydrogen-bond donors (Lipinski definition) is 2. The Morgan fingerprint density at radius 2 is 2.23 bits per heavy atom. The molecular weight excluding hydrogens is 318 g/mol. The monoisotopic (exact) mass is 334 g/mol. The standard InChI is InChI=1S/C16H16ClN3OS/c1-11(20(2)10-14-6-7-15(17)22-14)16(21)19-13-5-3-4-12(8-13)9-18/h3-8,11H,10H2,1-2H3,(H,19,21)/p+1/t11-/m1/s1. The molecule has 4 nitrogen and oxygen atoms in total. The van der Waals surface area contributed by atoms with Crippen LogP contribution in [0.15, 0.2) is 36.4 Å². The summed E-state index contributed by atoms with van der Waals surface area (Å²) in [6.45, 7) is 2.62. The number of nitrogens with zero attached hydrogens (tertiary/aromatic N) is 1. The minimum atomic E-state index is -0.216. The molecule has 2 N–H and O–H groups in total. The van der Waals surface area contributed by atoms with Gasteiger partial charge in [0.15, 0.2) is 6.04 Å². The van der Waals surface area contributed by atoms with Gasteiger partial charge in [-0.1, -0.05) is 17.7 Å². The molecule has 0 saturated heterocycles. The van der Waals surface area contributed by atoms with Crippen LogP contribution in [0, 0.1) is 11.3 Å². The van der Waals surface area contributed by atoms with Crippen molar-refractivity contribution in [2.24, 2.45) is 0 Å². The molecule has 0 aliphatic rings. The average Bonchev–Trinajstić information content (AvgIpc) is 2.91. The fraction of sp³-hybridized carbons (Fsp3) is 0.250. The van der Waals surface area contributed by atoms with Crippen LogP contribution in [0.2, 0.25) is 4.34 Å². The van der Waals surface area contributed by atoms with Crippen molar-refractivity contribution >= 4 is 34.5 Å². The maximum absolute atomic E-state index is 12.3. The summed E-state index contributed by atoms with van der Waals surface area (Å²) in [7, 11) is 1.98. The second-order valence-electron chi connectivity index (χ2n) is 5.13. The molecule has 0 fully saturated rings. The van der Waals surface area contributed by atoms with Gasteiger partial charge in [-0.2, -0.15) is 5.26 Å². The van der Waals surface area contributed by atoms with E-state index in [-0.39, 0.29) is 11.9 Å². The van der Waals surface area contributed by atoms with Crippen LogP contribution >= 0.6 is 22.9 Å². The van der Waals surface area contributed by atoms with Crippen LogP contribution < -0.4 is 10.2 Å². The highest BCUT2D eigenvalue weighted by Crippen LogP contribution is 2.20. The number of hydrogen-bond acceptors (Lipinski definition) is 3. The Kier molecular flexibility index (Phi) is 5.56. The number of carbonyl (C=O) groups is 1. The molecule has 2 rings (SSSR count). The predicted octanol–water partition coefficient (Wildman–Crippen LogP) is 2.32. The van der Waals surface area contributed by atoms with Gasteiger partial charge in [-0.15, -0.1) is 11.3 Å². The zero-order chi connectivity index (χ0) is 16.1. The number of halogens is 1. The number of rotatable bonds is 5. The van der Waals surface area contributed by atoms with Crippen molar-refractivity contribution in [3.8, 4) is 6.07 Å². The second-order valence-corrected chi connectivity index (χ2v) is 6.93. The summed E-state index contributed by atoms with van der Waals surface area (Å²) in [6.07, 6.45) is 0. The minimum absolute atomic E-state index is 0.0738. The van der Waals surface area contributed by atoms with Gasteiger partial charge in [-0.25, -0.2) is 0 Å². The van der Waals surface area contributed by atoms with E-state index in [1.165, 1.54) is 11.3 Å². The van der Waals surface area contributed by atoms with Crippen molar-refractivity contribution in [1.29, 1.82) is 5.26 Å². The minimum Gasteiger partial charge on any atom is -0.323 e. The normalized spacial score (nSPS) is 13.2. The van der Waals surface area contributed by atoms with Gasteiger partial charge in [-0.05, 0) is 37.3 Å². The van der Waals surface area contributed by atoms with Gasteiger partial charge in [0.25, 0.3) is 5.91 Å². The van der Waals surface area contributed by atoms with Crippen LogP contribution in [-0.4, -0.2) is 19.0 Å². The van der Waals surface area contributed by atoms with Crippen LogP contribution in [0.3, 0.4) is 0 Å². The first-order valence-corrected chi connectivity index (χ1v) is 8.06. The van der Waals surface area contributed by atoms with E-state index in [9.17, 15) is 4.79 Å². The molecule has 1 amide bonds. The van der Waals surface area contributed by atoms with Gasteiger partial charge >= 0.3 is 0 Å². The number of carbonyl (C=O) groups excluding carboxylic acids is 1. The van der Waals surface area contributed by atoms with E-state index in [0.29, 0.717) is 11.3 Å². The molecular formula is C16H17ClN3OS+. The van der Waals surface area contributed by atoms with Gasteiger partial charge in [-0.3, -0.25) is 4.79 Å². The van der Waals surface area contributed by atoms with Crippen molar-refractivity contribution < 1.29 is 9.69 Å². The topological polar surface area (TPSA) is 57.3 Å². The maximum Gasteiger partial charge on any atom is 0.282 e. The fourth-order valence-corrected chi connectivity index (χ4v) is 3.20. The van der Waals surface area contributed by atoms with Crippen LogP contribution in [-0.2, 0) is 11.3 Å². The molecule has 0 aliphatic carbocycles. The largest absolute Gasteiger partial charge is 0.323 e. The average molecular weight is 335 g/mol. The third-order valence-electron chi connectivity index (χ3n) is 3.47. The summed E-state index contributed by atoms with van der Waals surface area (Å²) in [4.78, 5) is 14.5. The lowest BCUT2D eigenvalue weighted by molar-refractivity contribution is -0.907. The van der Waals surface area contributed by atoms with Crippen LogP contribution in [0.4, 0.5) is 5.69 Å². The molecule has 22 heavy (non-hydrogen) atoms. The molecule has 114 valence electrons. The second kappa shape index (κ2) is 7.41. The Bertz CT molecular complexity index is 707. The fourth-order valence-electron chi connectivity index (χ4n) is 2.02. The molecule has 0 spiro atoms. The Labute approximate surface area is 138 Å². The zero-order valence-corrected chi connectivity index (χ0v) is 14.0. The van der Waals surface area contributed by atoms with Gasteiger partial charge in [0.05, 0.1) is 27.9 Å². The highest BCUT2D eigenvalue weighted by atomic mass is 35.5. The smallest absolute Gasteiger partial charge is 0.282 e. The lowest BCUT2D eigenvalue weighted by atomic mass is 10.2. The summed E-state index contributed by atoms with van der Waals surface area (Å²) < 4.78 is 0.758. The summed E-state index contributed by atoms with van der Waals surface area (Å²) in [5.41, 5.74) is 1.17. The van der Waals surface area contributed by atoms with E-state index >= 15 is 0 Å². The molecule has 0 bridgehead atoms. The Morgan fingerprint density at radius 1 is 1.45 bits per heavy atom. The zero-order valence-electron chi connectivity index (χ0n) is 12.4. The van der Waals surface area contributed by atoms with Crippen LogP contribution in [0.25, 0.3) is 0 Å². The Balaban J connectivity index is 1.97. The number of thiophene rings is 1. The van der Waals surface area contributed by atoms with Gasteiger partial charge in [0.2, 0.25) is 0 Å². The van der Waals surface area contributed by atoms with Crippen molar-refractivity contribution in [3.63, 3.8) is 0 Å². The molecule has 6 heteroatoms. The molecule has 1 heterocycles. The number of likely N-dealkylation sites (N-methyl/N-ethyl adjacent to an activating group) is 1. The summed E-state index contributed by atoms with van der Waals surface area (Å²) in [5.74, 6) is -0.0738. The van der Waals surface area contributed by atoms with E-state index < -0.39 is 0 Å². The van der Waals surface area contributed by atoms with Crippen LogP contribution in [0.1, 0.15) is 17.4 Å². The van der Waals surface area contributed by atoms with E-state index in [2.05, 4.69) is 11.4 Å². The van der Waals surface area contributed by atoms with Crippen molar-refractivity contribution in [2.45, 2.75) is 19.5 Å². The van der Waals surface area contributed by atoms with E-state index in [4.69, 9.17) is 16.9 Å². The first-order valence-electron chi connectivity index (χ1n) is 6.87. The number of nitrogens with one attached hydrogen (secondary N) is 2. The molecule has 1 aromatic carbocycles. The molecule has 2 atom stereocenters. The van der Waals surface area contributed by atoms with E-state index in [1.807, 2.05) is 26.1 Å². The first-order chi connectivity index (χ1) is 10.5. The van der Waals surface area contributed by atoms with Crippen LogP contribution in [0.5, 0.6) is 0 Å². The molecule has 0 saturated carbocycles. The molecule has 1 aromatic heterocycles. The molecule has 2 aromatic rings. The van der Waals surface area contributed by atoms with E-state index in [1.54, 1.807) is 24.3 Å². The summed E-state index contributed by atoms with van der Waals surface area (Å²) >= 11 is 7.46. The molecule has 1 unspecified atom stereocenters. The van der Waals surface area contributed by atoms with Gasteiger partial charge in [0, 0.05) is 5.69 Å². The van der Waals surface area contributed by atoms with Gasteiger partial charge in [0.1, 0.15) is 6.54 Å². The predicted molar refractivity (Wildman–Crippen MR) is 89.2 cm³/mol. The third kappa shape index (κ3) is 4.31. The lowest BCUT2D eigenvalue weighted by Crippen LogP contribution is -3.12. The third-order valence-corrected chi connectivity index (χ3v) is 4.70. The van der Waals surface area contributed by atoms with Crippen molar-refractivity contribution in [1.82, 2.24) is 0 Å². The highest BCUT2D eigenvalue weighted by Gasteiger charge is 2.22. The van der Waals surface area contributed by atoms with Crippen molar-refractivity contribution in [3.05, 3.63) is 51.2 Å². The number of anilines is 1. The summed E-state index contributed by atoms with van der Waals surface area (Å²) in [5, 5.41) is 11.7. The number of quaternary nitrogens is 1. The number of benzene rings is 1. The lowest BCUT2D eigenvalue weighted by Gasteiger charge is -2.20. The quantitative estimate of drug-likeness (QED) is 0.881. The molecule has 0 aliphatic heterocycles.